The van der Waals surface area contributed by atoms with Crippen molar-refractivity contribution in [1.29, 1.82) is 5.26 Å². The molecule has 5 nitrogen and oxygen atoms in total. The van der Waals surface area contributed by atoms with Crippen LogP contribution in [-0.4, -0.2) is 22.5 Å². The lowest BCUT2D eigenvalue weighted by molar-refractivity contribution is 0.00399. The summed E-state index contributed by atoms with van der Waals surface area (Å²) in [6.45, 7) is 2.77. The summed E-state index contributed by atoms with van der Waals surface area (Å²) in [5.74, 6) is 0.469. The molecule has 0 amide bonds. The highest BCUT2D eigenvalue weighted by Crippen LogP contribution is 2.27. The molecule has 0 bridgehead atoms. The topological polar surface area (TPSA) is 76.9 Å². The molecule has 5 heteroatoms. The zero-order chi connectivity index (χ0) is 10.8. The van der Waals surface area contributed by atoms with Crippen LogP contribution in [0.2, 0.25) is 0 Å². The monoisotopic (exact) mass is 206 g/mol. The van der Waals surface area contributed by atoms with Crippen LogP contribution in [0, 0.1) is 11.3 Å². The molecule has 1 saturated heterocycles. The zero-order valence-corrected chi connectivity index (χ0v) is 8.68. The predicted molar refractivity (Wildman–Crippen MR) is 55.0 cm³/mol. The van der Waals surface area contributed by atoms with Gasteiger partial charge in [0.05, 0.1) is 18.3 Å². The maximum Gasteiger partial charge on any atom is 0.140 e. The molecule has 0 aliphatic carbocycles. The van der Waals surface area contributed by atoms with Gasteiger partial charge in [-0.1, -0.05) is 0 Å². The summed E-state index contributed by atoms with van der Waals surface area (Å²) in [4.78, 5) is 0. The maximum absolute atomic E-state index is 8.77. The van der Waals surface area contributed by atoms with E-state index in [0.29, 0.717) is 11.4 Å². The molecule has 1 aliphatic heterocycles. The van der Waals surface area contributed by atoms with E-state index in [1.165, 1.54) is 6.20 Å². The molecule has 1 aromatic heterocycles. The standard InChI is InChI=1S/C10H14N4O/c1-7-4-9(2-3-15-7)14-10(12)8(5-11)6-13-14/h6-7,9H,2-4,12H2,1H3/t7-,9-/m1/s1. The minimum atomic E-state index is 0.234. The number of nitriles is 1. The summed E-state index contributed by atoms with van der Waals surface area (Å²) in [6, 6.07) is 2.29. The third-order valence-corrected chi connectivity index (χ3v) is 2.76. The van der Waals surface area contributed by atoms with Gasteiger partial charge >= 0.3 is 0 Å². The highest BCUT2D eigenvalue weighted by atomic mass is 16.5. The van der Waals surface area contributed by atoms with Crippen molar-refractivity contribution in [2.45, 2.75) is 31.9 Å². The Balaban J connectivity index is 2.22. The number of ether oxygens (including phenoxy) is 1. The van der Waals surface area contributed by atoms with E-state index in [-0.39, 0.29) is 12.1 Å². The number of hydrogen-bond donors (Lipinski definition) is 1. The van der Waals surface area contributed by atoms with E-state index in [1.54, 1.807) is 4.68 Å². The van der Waals surface area contributed by atoms with Gasteiger partial charge in [0.1, 0.15) is 17.5 Å². The van der Waals surface area contributed by atoms with Crippen LogP contribution in [-0.2, 0) is 4.74 Å². The molecule has 1 fully saturated rings. The first-order valence-electron chi connectivity index (χ1n) is 5.07. The minimum absolute atomic E-state index is 0.234. The number of rotatable bonds is 1. The van der Waals surface area contributed by atoms with Crippen molar-refractivity contribution >= 4 is 5.82 Å². The Morgan fingerprint density at radius 1 is 1.73 bits per heavy atom. The first kappa shape index (κ1) is 9.99. The number of aromatic nitrogens is 2. The molecule has 2 N–H and O–H groups in total. The number of nitrogens with zero attached hydrogens (tertiary/aromatic N) is 3. The van der Waals surface area contributed by atoms with Gasteiger partial charge in [0.15, 0.2) is 0 Å². The van der Waals surface area contributed by atoms with Crippen molar-refractivity contribution in [1.82, 2.24) is 9.78 Å². The average Bonchev–Trinajstić information content (AvgIpc) is 2.59. The van der Waals surface area contributed by atoms with Crippen molar-refractivity contribution in [2.24, 2.45) is 0 Å². The van der Waals surface area contributed by atoms with Crippen LogP contribution in [0.5, 0.6) is 0 Å². The number of nitrogens with two attached hydrogens (primary N) is 1. The molecule has 0 radical (unpaired) electrons. The third-order valence-electron chi connectivity index (χ3n) is 2.76. The van der Waals surface area contributed by atoms with Crippen molar-refractivity contribution in [3.8, 4) is 6.07 Å². The highest BCUT2D eigenvalue weighted by Gasteiger charge is 2.23. The molecule has 1 aliphatic rings. The second-order valence-corrected chi connectivity index (χ2v) is 3.86. The third kappa shape index (κ3) is 1.81. The van der Waals surface area contributed by atoms with E-state index in [4.69, 9.17) is 15.7 Å². The van der Waals surface area contributed by atoms with Gasteiger partial charge in [-0.3, -0.25) is 0 Å². The highest BCUT2D eigenvalue weighted by molar-refractivity contribution is 5.47. The van der Waals surface area contributed by atoms with E-state index in [9.17, 15) is 0 Å². The zero-order valence-electron chi connectivity index (χ0n) is 8.68. The lowest BCUT2D eigenvalue weighted by Gasteiger charge is -2.27. The van der Waals surface area contributed by atoms with Gasteiger partial charge in [-0.25, -0.2) is 4.68 Å². The molecule has 0 saturated carbocycles. The molecule has 0 spiro atoms. The Bertz CT molecular complexity index is 393. The Hall–Kier alpha value is -1.54. The van der Waals surface area contributed by atoms with E-state index in [2.05, 4.69) is 5.10 Å². The summed E-state index contributed by atoms with van der Waals surface area (Å²) in [5, 5.41) is 12.9. The van der Waals surface area contributed by atoms with Gasteiger partial charge in [-0.15, -0.1) is 0 Å². The van der Waals surface area contributed by atoms with Crippen LogP contribution in [0.1, 0.15) is 31.4 Å². The average molecular weight is 206 g/mol. The largest absolute Gasteiger partial charge is 0.383 e. The molecule has 0 unspecified atom stereocenters. The molecule has 2 atom stereocenters. The van der Waals surface area contributed by atoms with Crippen LogP contribution in [0.25, 0.3) is 0 Å². The van der Waals surface area contributed by atoms with E-state index >= 15 is 0 Å². The summed E-state index contributed by atoms with van der Waals surface area (Å²) < 4.78 is 7.20. The summed E-state index contributed by atoms with van der Waals surface area (Å²) in [6.07, 6.45) is 3.56. The lowest BCUT2D eigenvalue weighted by Crippen LogP contribution is -2.26. The number of nitrogen functional groups attached to an aromatic ring is 1. The molecular weight excluding hydrogens is 192 g/mol. The second kappa shape index (κ2) is 3.91. The van der Waals surface area contributed by atoms with Gasteiger partial charge in [0, 0.05) is 6.61 Å². The van der Waals surface area contributed by atoms with Gasteiger partial charge in [0.2, 0.25) is 0 Å². The van der Waals surface area contributed by atoms with Crippen molar-refractivity contribution in [3.63, 3.8) is 0 Å². The van der Waals surface area contributed by atoms with Crippen molar-refractivity contribution < 1.29 is 4.74 Å². The van der Waals surface area contributed by atoms with E-state index in [0.717, 1.165) is 19.4 Å². The lowest BCUT2D eigenvalue weighted by atomic mass is 10.0. The minimum Gasteiger partial charge on any atom is -0.383 e. The second-order valence-electron chi connectivity index (χ2n) is 3.86. The first-order valence-corrected chi connectivity index (χ1v) is 5.07. The SMILES string of the molecule is C[C@@H]1C[C@H](n2ncc(C#N)c2N)CCO1. The van der Waals surface area contributed by atoms with Crippen LogP contribution in [0.15, 0.2) is 6.20 Å². The Morgan fingerprint density at radius 2 is 2.53 bits per heavy atom. The number of hydrogen-bond acceptors (Lipinski definition) is 4. The Morgan fingerprint density at radius 3 is 3.13 bits per heavy atom. The maximum atomic E-state index is 8.77. The quantitative estimate of drug-likeness (QED) is 0.745. The number of anilines is 1. The Labute approximate surface area is 88.4 Å². The summed E-state index contributed by atoms with van der Waals surface area (Å²) >= 11 is 0. The summed E-state index contributed by atoms with van der Waals surface area (Å²) in [5.41, 5.74) is 6.28. The molecule has 2 rings (SSSR count). The first-order chi connectivity index (χ1) is 7.22. The van der Waals surface area contributed by atoms with E-state index in [1.807, 2.05) is 13.0 Å². The molecule has 2 heterocycles. The predicted octanol–water partition coefficient (Wildman–Crippen LogP) is 1.08. The Kier molecular flexibility index (Phi) is 2.60. The van der Waals surface area contributed by atoms with Crippen LogP contribution >= 0.6 is 0 Å². The van der Waals surface area contributed by atoms with Crippen molar-refractivity contribution in [3.05, 3.63) is 11.8 Å². The smallest absolute Gasteiger partial charge is 0.140 e. The van der Waals surface area contributed by atoms with Crippen LogP contribution in [0.4, 0.5) is 5.82 Å². The van der Waals surface area contributed by atoms with Gasteiger partial charge in [-0.05, 0) is 19.8 Å². The van der Waals surface area contributed by atoms with Gasteiger partial charge < -0.3 is 10.5 Å². The van der Waals surface area contributed by atoms with E-state index < -0.39 is 0 Å². The fourth-order valence-corrected chi connectivity index (χ4v) is 1.95. The molecule has 1 aromatic rings. The molecule has 80 valence electrons. The van der Waals surface area contributed by atoms with Crippen LogP contribution in [0.3, 0.4) is 0 Å². The molecule has 0 aromatic carbocycles. The van der Waals surface area contributed by atoms with Crippen molar-refractivity contribution in [2.75, 3.05) is 12.3 Å². The summed E-state index contributed by atoms with van der Waals surface area (Å²) in [7, 11) is 0. The normalized spacial score (nSPS) is 26.1. The van der Waals surface area contributed by atoms with Crippen LogP contribution < -0.4 is 5.73 Å². The molecule has 15 heavy (non-hydrogen) atoms. The van der Waals surface area contributed by atoms with Gasteiger partial charge in [0.25, 0.3) is 0 Å². The fourth-order valence-electron chi connectivity index (χ4n) is 1.95. The fraction of sp³-hybridized carbons (Fsp3) is 0.600. The van der Waals surface area contributed by atoms with Gasteiger partial charge in [-0.2, -0.15) is 10.4 Å². The molecular formula is C10H14N4O.